The summed E-state index contributed by atoms with van der Waals surface area (Å²) in [5.74, 6) is 3.05. The van der Waals surface area contributed by atoms with E-state index < -0.39 is 0 Å². The minimum absolute atomic E-state index is 0.134. The molecule has 0 radical (unpaired) electrons. The highest BCUT2D eigenvalue weighted by Crippen LogP contribution is 2.35. The Morgan fingerprint density at radius 3 is 2.83 bits per heavy atom. The summed E-state index contributed by atoms with van der Waals surface area (Å²) in [6.45, 7) is 2.56. The molecular formula is C21H25N3O5. The summed E-state index contributed by atoms with van der Waals surface area (Å²) in [5, 5.41) is 8.23. The number of aryl methyl sites for hydroxylation is 1. The maximum atomic E-state index is 12.8. The van der Waals surface area contributed by atoms with Gasteiger partial charge in [-0.15, -0.1) is 10.2 Å². The molecule has 0 bridgehead atoms. The van der Waals surface area contributed by atoms with E-state index in [-0.39, 0.29) is 18.8 Å². The Labute approximate surface area is 169 Å². The van der Waals surface area contributed by atoms with Gasteiger partial charge in [0.25, 0.3) is 0 Å². The lowest BCUT2D eigenvalue weighted by atomic mass is 10.2. The first kappa shape index (κ1) is 18.4. The second kappa shape index (κ2) is 8.02. The third-order valence-corrected chi connectivity index (χ3v) is 5.62. The van der Waals surface area contributed by atoms with Gasteiger partial charge in [0.2, 0.25) is 24.5 Å². The van der Waals surface area contributed by atoms with E-state index in [0.717, 1.165) is 31.6 Å². The first-order valence-electron chi connectivity index (χ1n) is 10.4. The Bertz CT molecular complexity index is 873. The Balaban J connectivity index is 1.19. The first-order chi connectivity index (χ1) is 14.2. The molecule has 1 aromatic heterocycles. The van der Waals surface area contributed by atoms with Gasteiger partial charge in [-0.3, -0.25) is 4.79 Å². The van der Waals surface area contributed by atoms with Crippen LogP contribution in [0.1, 0.15) is 38.0 Å². The van der Waals surface area contributed by atoms with Crippen molar-refractivity contribution in [1.82, 2.24) is 15.1 Å². The highest BCUT2D eigenvalue weighted by molar-refractivity contribution is 5.76. The zero-order valence-electron chi connectivity index (χ0n) is 16.3. The minimum Gasteiger partial charge on any atom is -0.454 e. The molecule has 3 aliphatic rings. The molecule has 0 spiro atoms. The molecule has 5 rings (SSSR count). The molecule has 1 aliphatic carbocycles. The smallest absolute Gasteiger partial charge is 0.247 e. The fraction of sp³-hybridized carbons (Fsp3) is 0.571. The molecule has 1 aromatic carbocycles. The van der Waals surface area contributed by atoms with Crippen LogP contribution in [0.2, 0.25) is 0 Å². The van der Waals surface area contributed by atoms with E-state index >= 15 is 0 Å². The molecule has 3 heterocycles. The van der Waals surface area contributed by atoms with Crippen LogP contribution in [0.15, 0.2) is 22.6 Å². The quantitative estimate of drug-likeness (QED) is 0.674. The van der Waals surface area contributed by atoms with Crippen molar-refractivity contribution in [1.29, 1.82) is 0 Å². The molecule has 8 heteroatoms. The van der Waals surface area contributed by atoms with Gasteiger partial charge in [0.1, 0.15) is 0 Å². The van der Waals surface area contributed by atoms with E-state index in [1.54, 1.807) is 0 Å². The summed E-state index contributed by atoms with van der Waals surface area (Å²) in [6.07, 6.45) is 5.54. The van der Waals surface area contributed by atoms with Gasteiger partial charge in [-0.1, -0.05) is 0 Å². The van der Waals surface area contributed by atoms with E-state index in [2.05, 4.69) is 10.2 Å². The molecule has 29 heavy (non-hydrogen) atoms. The van der Waals surface area contributed by atoms with Crippen LogP contribution in [0.25, 0.3) is 11.5 Å². The predicted molar refractivity (Wildman–Crippen MR) is 102 cm³/mol. The molecule has 1 saturated heterocycles. The van der Waals surface area contributed by atoms with Gasteiger partial charge in [-0.2, -0.15) is 0 Å². The molecule has 2 aromatic rings. The van der Waals surface area contributed by atoms with Crippen molar-refractivity contribution in [2.45, 2.75) is 44.6 Å². The summed E-state index contributed by atoms with van der Waals surface area (Å²) < 4.78 is 22.2. The number of rotatable bonds is 8. The standard InChI is InChI=1S/C21H25N3O5/c25-20(24(11-14-3-4-14)12-16-2-1-9-26-16)8-7-19-22-23-21(29-19)15-5-6-17-18(10-15)28-13-27-17/h5-6,10,14,16H,1-4,7-9,11-13H2. The van der Waals surface area contributed by atoms with Gasteiger partial charge in [0.05, 0.1) is 6.10 Å². The van der Waals surface area contributed by atoms with Crippen molar-refractivity contribution >= 4 is 5.91 Å². The number of hydrogen-bond acceptors (Lipinski definition) is 7. The monoisotopic (exact) mass is 399 g/mol. The van der Waals surface area contributed by atoms with Crippen LogP contribution in [-0.4, -0.2) is 53.6 Å². The molecule has 2 fully saturated rings. The number of ether oxygens (including phenoxy) is 3. The number of amides is 1. The number of hydrogen-bond donors (Lipinski definition) is 0. The number of nitrogens with zero attached hydrogens (tertiary/aromatic N) is 3. The molecule has 1 amide bonds. The zero-order valence-corrected chi connectivity index (χ0v) is 16.3. The summed E-state index contributed by atoms with van der Waals surface area (Å²) in [6, 6.07) is 5.50. The lowest BCUT2D eigenvalue weighted by molar-refractivity contribution is -0.133. The molecule has 0 N–H and O–H groups in total. The fourth-order valence-corrected chi connectivity index (χ4v) is 3.80. The highest BCUT2D eigenvalue weighted by atomic mass is 16.7. The minimum atomic E-state index is 0.134. The van der Waals surface area contributed by atoms with E-state index in [0.29, 0.717) is 48.6 Å². The van der Waals surface area contributed by atoms with Crippen molar-refractivity contribution in [3.05, 3.63) is 24.1 Å². The number of carbonyl (C=O) groups is 1. The Morgan fingerprint density at radius 1 is 1.10 bits per heavy atom. The van der Waals surface area contributed by atoms with Gasteiger partial charge in [0, 0.05) is 38.1 Å². The van der Waals surface area contributed by atoms with Crippen LogP contribution in [0.5, 0.6) is 11.5 Å². The second-order valence-electron chi connectivity index (χ2n) is 7.95. The highest BCUT2D eigenvalue weighted by Gasteiger charge is 2.29. The van der Waals surface area contributed by atoms with E-state index in [4.69, 9.17) is 18.6 Å². The number of fused-ring (bicyclic) bond motifs is 1. The van der Waals surface area contributed by atoms with Gasteiger partial charge in [-0.05, 0) is 49.8 Å². The number of carbonyl (C=O) groups excluding carboxylic acids is 1. The second-order valence-corrected chi connectivity index (χ2v) is 7.95. The summed E-state index contributed by atoms with van der Waals surface area (Å²) >= 11 is 0. The summed E-state index contributed by atoms with van der Waals surface area (Å²) in [4.78, 5) is 14.8. The zero-order chi connectivity index (χ0) is 19.6. The van der Waals surface area contributed by atoms with Crippen LogP contribution in [0.4, 0.5) is 0 Å². The maximum Gasteiger partial charge on any atom is 0.247 e. The van der Waals surface area contributed by atoms with Crippen LogP contribution in [-0.2, 0) is 16.0 Å². The van der Waals surface area contributed by atoms with Crippen LogP contribution in [0, 0.1) is 5.92 Å². The lowest BCUT2D eigenvalue weighted by Crippen LogP contribution is -2.38. The average Bonchev–Trinajstić information content (AvgIpc) is 3.15. The molecule has 8 nitrogen and oxygen atoms in total. The van der Waals surface area contributed by atoms with Crippen LogP contribution in [0.3, 0.4) is 0 Å². The van der Waals surface area contributed by atoms with Crippen LogP contribution >= 0.6 is 0 Å². The van der Waals surface area contributed by atoms with Gasteiger partial charge >= 0.3 is 0 Å². The molecule has 2 aliphatic heterocycles. The Hall–Kier alpha value is -2.61. The molecule has 154 valence electrons. The van der Waals surface area contributed by atoms with E-state index in [9.17, 15) is 4.79 Å². The maximum absolute atomic E-state index is 12.8. The van der Waals surface area contributed by atoms with E-state index in [1.165, 1.54) is 12.8 Å². The van der Waals surface area contributed by atoms with Crippen molar-refractivity contribution < 1.29 is 23.4 Å². The normalized spacial score (nSPS) is 20.2. The molecule has 1 unspecified atom stereocenters. The van der Waals surface area contributed by atoms with Crippen molar-refractivity contribution in [2.24, 2.45) is 5.92 Å². The van der Waals surface area contributed by atoms with Gasteiger partial charge in [0.15, 0.2) is 11.5 Å². The SMILES string of the molecule is O=C(CCc1nnc(-c2ccc3c(c2)OCO3)o1)N(CC1CC1)CC1CCCO1. The molecule has 1 atom stereocenters. The summed E-state index contributed by atoms with van der Waals surface area (Å²) in [5.41, 5.74) is 0.771. The Kier molecular flexibility index (Phi) is 5.10. The van der Waals surface area contributed by atoms with Crippen molar-refractivity contribution in [3.63, 3.8) is 0 Å². The first-order valence-corrected chi connectivity index (χ1v) is 10.4. The van der Waals surface area contributed by atoms with E-state index in [1.807, 2.05) is 23.1 Å². The van der Waals surface area contributed by atoms with Gasteiger partial charge < -0.3 is 23.5 Å². The molecule has 1 saturated carbocycles. The molecular weight excluding hydrogens is 374 g/mol. The topological polar surface area (TPSA) is 86.9 Å². The van der Waals surface area contributed by atoms with Crippen molar-refractivity contribution in [2.75, 3.05) is 26.5 Å². The fourth-order valence-electron chi connectivity index (χ4n) is 3.80. The third kappa shape index (κ3) is 4.37. The predicted octanol–water partition coefficient (Wildman–Crippen LogP) is 2.82. The Morgan fingerprint density at radius 2 is 2.00 bits per heavy atom. The average molecular weight is 399 g/mol. The van der Waals surface area contributed by atoms with Crippen LogP contribution < -0.4 is 9.47 Å². The third-order valence-electron chi connectivity index (χ3n) is 5.62. The lowest BCUT2D eigenvalue weighted by Gasteiger charge is -2.25. The number of benzene rings is 1. The summed E-state index contributed by atoms with van der Waals surface area (Å²) in [7, 11) is 0. The van der Waals surface area contributed by atoms with Gasteiger partial charge in [-0.25, -0.2) is 0 Å². The number of aromatic nitrogens is 2. The van der Waals surface area contributed by atoms with Crippen molar-refractivity contribution in [3.8, 4) is 23.0 Å². The largest absolute Gasteiger partial charge is 0.454 e.